The van der Waals surface area contributed by atoms with E-state index in [1.165, 1.54) is 14.2 Å². The molecule has 0 fully saturated rings. The second-order valence-electron chi connectivity index (χ2n) is 3.76. The van der Waals surface area contributed by atoms with Gasteiger partial charge >= 0.3 is 11.9 Å². The third-order valence-electron chi connectivity index (χ3n) is 2.72. The number of carbonyl (C=O) groups excluding carboxylic acids is 2. The maximum absolute atomic E-state index is 11.6. The summed E-state index contributed by atoms with van der Waals surface area (Å²) in [5.74, 6) is -0.790. The molecule has 0 bridgehead atoms. The fraction of sp³-hybridized carbons (Fsp3) is 0.231. The van der Waals surface area contributed by atoms with Gasteiger partial charge in [-0.2, -0.15) is 0 Å². The van der Waals surface area contributed by atoms with Crippen LogP contribution in [0.25, 0.3) is 10.9 Å². The predicted octanol–water partition coefficient (Wildman–Crippen LogP) is 1.60. The van der Waals surface area contributed by atoms with Crippen LogP contribution in [0.2, 0.25) is 0 Å². The highest BCUT2D eigenvalue weighted by Crippen LogP contribution is 2.22. The fourth-order valence-electron chi connectivity index (χ4n) is 1.85. The van der Waals surface area contributed by atoms with E-state index in [1.807, 2.05) is 24.3 Å². The summed E-state index contributed by atoms with van der Waals surface area (Å²) in [6, 6.07) is 7.33. The van der Waals surface area contributed by atoms with Gasteiger partial charge in [0.25, 0.3) is 0 Å². The summed E-state index contributed by atoms with van der Waals surface area (Å²) in [6.45, 7) is 0.0635. The van der Waals surface area contributed by atoms with E-state index in [0.717, 1.165) is 10.9 Å². The molecule has 94 valence electrons. The lowest BCUT2D eigenvalue weighted by Crippen LogP contribution is -2.10. The summed E-state index contributed by atoms with van der Waals surface area (Å²) < 4.78 is 11.0. The van der Waals surface area contributed by atoms with E-state index in [0.29, 0.717) is 5.56 Å². The number of methoxy groups -OCH3 is 2. The van der Waals surface area contributed by atoms with Crippen LogP contribution >= 0.6 is 0 Å². The number of hydrogen-bond donors (Lipinski definition) is 0. The largest absolute Gasteiger partial charge is 0.468 e. The lowest BCUT2D eigenvalue weighted by atomic mass is 10.2. The minimum atomic E-state index is -0.421. The van der Waals surface area contributed by atoms with Gasteiger partial charge in [0, 0.05) is 17.1 Å². The highest BCUT2D eigenvalue weighted by molar-refractivity contribution is 6.04. The van der Waals surface area contributed by atoms with Crippen LogP contribution in [-0.2, 0) is 20.8 Å². The predicted molar refractivity (Wildman–Crippen MR) is 65.3 cm³/mol. The van der Waals surface area contributed by atoms with E-state index in [4.69, 9.17) is 4.74 Å². The highest BCUT2D eigenvalue weighted by Gasteiger charge is 2.16. The van der Waals surface area contributed by atoms with E-state index < -0.39 is 5.97 Å². The van der Waals surface area contributed by atoms with E-state index in [1.54, 1.807) is 10.8 Å². The molecule has 0 spiro atoms. The molecule has 5 heteroatoms. The molecule has 0 saturated carbocycles. The minimum absolute atomic E-state index is 0.0635. The SMILES string of the molecule is COC(=O)Cn1cc(C(=O)OC)c2ccccc21. The Kier molecular flexibility index (Phi) is 3.32. The maximum Gasteiger partial charge on any atom is 0.340 e. The first-order valence-corrected chi connectivity index (χ1v) is 5.40. The van der Waals surface area contributed by atoms with Crippen molar-refractivity contribution in [2.45, 2.75) is 6.54 Å². The number of hydrogen-bond acceptors (Lipinski definition) is 4. The first-order chi connectivity index (χ1) is 8.67. The Labute approximate surface area is 104 Å². The van der Waals surface area contributed by atoms with Gasteiger partial charge in [-0.25, -0.2) is 4.79 Å². The van der Waals surface area contributed by atoms with Crippen molar-refractivity contribution in [2.75, 3.05) is 14.2 Å². The molecule has 5 nitrogen and oxygen atoms in total. The number of rotatable bonds is 3. The smallest absolute Gasteiger partial charge is 0.340 e. The van der Waals surface area contributed by atoms with Crippen LogP contribution in [0.4, 0.5) is 0 Å². The summed E-state index contributed by atoms with van der Waals surface area (Å²) >= 11 is 0. The molecule has 0 aliphatic carbocycles. The van der Waals surface area contributed by atoms with Crippen molar-refractivity contribution in [2.24, 2.45) is 0 Å². The van der Waals surface area contributed by atoms with Crippen molar-refractivity contribution in [3.63, 3.8) is 0 Å². The van der Waals surface area contributed by atoms with Crippen molar-refractivity contribution in [1.29, 1.82) is 0 Å². The zero-order valence-corrected chi connectivity index (χ0v) is 10.2. The highest BCUT2D eigenvalue weighted by atomic mass is 16.5. The van der Waals surface area contributed by atoms with Crippen molar-refractivity contribution >= 4 is 22.8 Å². The van der Waals surface area contributed by atoms with Gasteiger partial charge in [-0.05, 0) is 6.07 Å². The molecular weight excluding hydrogens is 234 g/mol. The molecule has 0 unspecified atom stereocenters. The van der Waals surface area contributed by atoms with Gasteiger partial charge < -0.3 is 14.0 Å². The Balaban J connectivity index is 2.54. The molecule has 0 aliphatic heterocycles. The lowest BCUT2D eigenvalue weighted by molar-refractivity contribution is -0.141. The second kappa shape index (κ2) is 4.91. The third-order valence-corrected chi connectivity index (χ3v) is 2.72. The van der Waals surface area contributed by atoms with Crippen molar-refractivity contribution in [3.8, 4) is 0 Å². The molecule has 1 heterocycles. The number of aromatic nitrogens is 1. The summed E-state index contributed by atoms with van der Waals surface area (Å²) in [4.78, 5) is 23.0. The van der Waals surface area contributed by atoms with Crippen LogP contribution in [0, 0.1) is 0 Å². The quantitative estimate of drug-likeness (QED) is 0.773. The Bertz CT molecular complexity index is 600. The molecule has 18 heavy (non-hydrogen) atoms. The monoisotopic (exact) mass is 247 g/mol. The van der Waals surface area contributed by atoms with Crippen LogP contribution in [0.3, 0.4) is 0 Å². The van der Waals surface area contributed by atoms with E-state index >= 15 is 0 Å². The Morgan fingerprint density at radius 2 is 1.89 bits per heavy atom. The lowest BCUT2D eigenvalue weighted by Gasteiger charge is -2.02. The number of para-hydroxylation sites is 1. The zero-order valence-electron chi connectivity index (χ0n) is 10.2. The van der Waals surface area contributed by atoms with Crippen molar-refractivity contribution in [3.05, 3.63) is 36.0 Å². The van der Waals surface area contributed by atoms with Gasteiger partial charge in [0.15, 0.2) is 0 Å². The summed E-state index contributed by atoms with van der Waals surface area (Å²) in [7, 11) is 2.66. The van der Waals surface area contributed by atoms with Crippen molar-refractivity contribution in [1.82, 2.24) is 4.57 Å². The number of esters is 2. The third kappa shape index (κ3) is 2.07. The molecule has 0 amide bonds. The Hall–Kier alpha value is -2.30. The number of benzene rings is 1. The molecule has 0 aliphatic rings. The molecule has 2 rings (SSSR count). The van der Waals surface area contributed by atoms with Gasteiger partial charge in [-0.3, -0.25) is 4.79 Å². The first-order valence-electron chi connectivity index (χ1n) is 5.40. The van der Waals surface area contributed by atoms with Crippen LogP contribution in [0.15, 0.2) is 30.5 Å². The van der Waals surface area contributed by atoms with Gasteiger partial charge in [0.05, 0.1) is 19.8 Å². The molecule has 1 aromatic heterocycles. The fourth-order valence-corrected chi connectivity index (χ4v) is 1.85. The minimum Gasteiger partial charge on any atom is -0.468 e. The number of ether oxygens (including phenoxy) is 2. The molecule has 2 aromatic rings. The summed E-state index contributed by atoms with van der Waals surface area (Å²) in [6.07, 6.45) is 1.60. The summed E-state index contributed by atoms with van der Waals surface area (Å²) in [5, 5.41) is 0.758. The van der Waals surface area contributed by atoms with E-state index in [2.05, 4.69) is 4.74 Å². The molecule has 0 atom stereocenters. The normalized spacial score (nSPS) is 10.3. The van der Waals surface area contributed by atoms with Crippen molar-refractivity contribution < 1.29 is 19.1 Å². The number of nitrogens with zero attached hydrogens (tertiary/aromatic N) is 1. The van der Waals surface area contributed by atoms with Crippen LogP contribution in [-0.4, -0.2) is 30.7 Å². The molecule has 0 N–H and O–H groups in total. The molecule has 0 saturated heterocycles. The average Bonchev–Trinajstić information content (AvgIpc) is 2.77. The number of fused-ring (bicyclic) bond motifs is 1. The Morgan fingerprint density at radius 3 is 2.56 bits per heavy atom. The van der Waals surface area contributed by atoms with E-state index in [-0.39, 0.29) is 12.5 Å². The zero-order chi connectivity index (χ0) is 13.1. The average molecular weight is 247 g/mol. The summed E-state index contributed by atoms with van der Waals surface area (Å²) in [5.41, 5.74) is 1.24. The van der Waals surface area contributed by atoms with Gasteiger partial charge in [0.1, 0.15) is 6.54 Å². The van der Waals surface area contributed by atoms with Crippen LogP contribution in [0.5, 0.6) is 0 Å². The van der Waals surface area contributed by atoms with Gasteiger partial charge in [-0.1, -0.05) is 18.2 Å². The van der Waals surface area contributed by atoms with Gasteiger partial charge in [-0.15, -0.1) is 0 Å². The van der Waals surface area contributed by atoms with Crippen LogP contribution in [0.1, 0.15) is 10.4 Å². The molecule has 1 aromatic carbocycles. The molecule has 0 radical (unpaired) electrons. The van der Waals surface area contributed by atoms with Crippen LogP contribution < -0.4 is 0 Å². The standard InChI is InChI=1S/C13H13NO4/c1-17-12(15)8-14-7-10(13(16)18-2)9-5-3-4-6-11(9)14/h3-7H,8H2,1-2H3. The second-order valence-corrected chi connectivity index (χ2v) is 3.76. The first kappa shape index (κ1) is 12.2. The topological polar surface area (TPSA) is 57.5 Å². The van der Waals surface area contributed by atoms with E-state index in [9.17, 15) is 9.59 Å². The van der Waals surface area contributed by atoms with Gasteiger partial charge in [0.2, 0.25) is 0 Å². The maximum atomic E-state index is 11.6. The molecular formula is C13H13NO4. The Morgan fingerprint density at radius 1 is 1.17 bits per heavy atom. The number of carbonyl (C=O) groups is 2.